The topological polar surface area (TPSA) is 55.7 Å². The summed E-state index contributed by atoms with van der Waals surface area (Å²) in [6.45, 7) is 0. The van der Waals surface area contributed by atoms with Gasteiger partial charge in [0.05, 0.1) is 18.4 Å². The first-order valence-electron chi connectivity index (χ1n) is 4.27. The molecule has 0 saturated carbocycles. The molecule has 7 heteroatoms. The molecule has 0 fully saturated rings. The number of methoxy groups -OCH3 is 1. The van der Waals surface area contributed by atoms with Crippen LogP contribution in [0.25, 0.3) is 0 Å². The van der Waals surface area contributed by atoms with Crippen molar-refractivity contribution in [2.75, 3.05) is 7.11 Å². The molecule has 1 rings (SSSR count). The Labute approximate surface area is 93.7 Å². The van der Waals surface area contributed by atoms with Gasteiger partial charge in [0.25, 0.3) is 5.78 Å². The average molecular weight is 245 g/mol. The number of carbonyl (C=O) groups excluding carboxylic acids is 2. The number of aliphatic imine (C=N–C) groups is 1. The minimum Gasteiger partial charge on any atom is -0.497 e. The first kappa shape index (κ1) is 12.9. The first-order chi connectivity index (χ1) is 7.90. The first-order valence-corrected chi connectivity index (χ1v) is 4.27. The van der Waals surface area contributed by atoms with Crippen molar-refractivity contribution in [3.63, 3.8) is 0 Å². The van der Waals surface area contributed by atoms with Gasteiger partial charge in [-0.25, -0.2) is 4.79 Å². The van der Waals surface area contributed by atoms with Gasteiger partial charge in [-0.05, 0) is 18.2 Å². The molecule has 90 valence electrons. The Kier molecular flexibility index (Phi) is 3.65. The third-order valence-corrected chi connectivity index (χ3v) is 1.87. The zero-order valence-electron chi connectivity index (χ0n) is 8.54. The van der Waals surface area contributed by atoms with E-state index in [0.29, 0.717) is 0 Å². The van der Waals surface area contributed by atoms with E-state index in [1.807, 2.05) is 0 Å². The number of alkyl halides is 3. The van der Waals surface area contributed by atoms with Crippen molar-refractivity contribution >= 4 is 17.6 Å². The monoisotopic (exact) mass is 245 g/mol. The Balaban J connectivity index is 3.37. The Bertz CT molecular complexity index is 490. The molecule has 0 N–H and O–H groups in total. The second kappa shape index (κ2) is 4.80. The standard InChI is InChI=1S/C10H6F3NO3/c1-17-6-2-3-8(14-5-15)7(4-6)9(16)10(11,12)13/h2-4H,1H3. The van der Waals surface area contributed by atoms with Crippen LogP contribution in [0.5, 0.6) is 5.75 Å². The quantitative estimate of drug-likeness (QED) is 0.466. The van der Waals surface area contributed by atoms with Gasteiger partial charge in [-0.2, -0.15) is 18.2 Å². The van der Waals surface area contributed by atoms with Crippen LogP contribution >= 0.6 is 0 Å². The molecule has 1 aromatic carbocycles. The molecule has 0 aliphatic rings. The summed E-state index contributed by atoms with van der Waals surface area (Å²) in [7, 11) is 1.24. The number of halogens is 3. The van der Waals surface area contributed by atoms with Crippen molar-refractivity contribution in [1.29, 1.82) is 0 Å². The van der Waals surface area contributed by atoms with Crippen LogP contribution in [0.4, 0.5) is 18.9 Å². The molecule has 0 radical (unpaired) electrons. The molecule has 0 amide bonds. The molecule has 0 saturated heterocycles. The molecule has 17 heavy (non-hydrogen) atoms. The number of carbonyl (C=O) groups is 1. The van der Waals surface area contributed by atoms with Crippen molar-refractivity contribution in [2.24, 2.45) is 4.99 Å². The van der Waals surface area contributed by atoms with Gasteiger partial charge >= 0.3 is 6.18 Å². The van der Waals surface area contributed by atoms with E-state index in [1.165, 1.54) is 13.2 Å². The van der Waals surface area contributed by atoms with E-state index in [0.717, 1.165) is 18.2 Å². The maximum absolute atomic E-state index is 12.3. The van der Waals surface area contributed by atoms with Crippen molar-refractivity contribution in [3.05, 3.63) is 23.8 Å². The van der Waals surface area contributed by atoms with Gasteiger partial charge in [-0.1, -0.05) is 0 Å². The molecule has 0 heterocycles. The van der Waals surface area contributed by atoms with Crippen LogP contribution in [0.1, 0.15) is 10.4 Å². The van der Waals surface area contributed by atoms with Crippen molar-refractivity contribution in [2.45, 2.75) is 6.18 Å². The van der Waals surface area contributed by atoms with E-state index in [-0.39, 0.29) is 5.75 Å². The Morgan fingerprint density at radius 3 is 2.53 bits per heavy atom. The normalized spacial score (nSPS) is 10.6. The highest BCUT2D eigenvalue weighted by molar-refractivity contribution is 6.04. The van der Waals surface area contributed by atoms with Crippen LogP contribution in [-0.2, 0) is 4.79 Å². The predicted molar refractivity (Wildman–Crippen MR) is 51.2 cm³/mol. The maximum atomic E-state index is 12.3. The van der Waals surface area contributed by atoms with Gasteiger partial charge < -0.3 is 4.74 Å². The third-order valence-electron chi connectivity index (χ3n) is 1.87. The fourth-order valence-electron chi connectivity index (χ4n) is 1.12. The fourth-order valence-corrected chi connectivity index (χ4v) is 1.12. The summed E-state index contributed by atoms with van der Waals surface area (Å²) in [6.07, 6.45) is -3.96. The SMILES string of the molecule is COc1ccc(N=C=O)c(C(=O)C(F)(F)F)c1. The molecule has 0 aliphatic carbocycles. The summed E-state index contributed by atoms with van der Waals surface area (Å²) >= 11 is 0. The van der Waals surface area contributed by atoms with E-state index in [2.05, 4.69) is 4.99 Å². The number of Topliss-reactive ketones (excluding diaryl/α,β-unsaturated/α-hetero) is 1. The summed E-state index contributed by atoms with van der Waals surface area (Å²) < 4.78 is 41.5. The fraction of sp³-hybridized carbons (Fsp3) is 0.200. The molecule has 0 unspecified atom stereocenters. The van der Waals surface area contributed by atoms with Gasteiger partial charge in [-0.3, -0.25) is 4.79 Å². The molecular weight excluding hydrogens is 239 g/mol. The third kappa shape index (κ3) is 2.92. The maximum Gasteiger partial charge on any atom is 0.454 e. The number of isocyanates is 1. The number of hydrogen-bond acceptors (Lipinski definition) is 4. The van der Waals surface area contributed by atoms with Crippen LogP contribution < -0.4 is 4.74 Å². The van der Waals surface area contributed by atoms with E-state index in [9.17, 15) is 22.8 Å². The van der Waals surface area contributed by atoms with E-state index >= 15 is 0 Å². The molecule has 0 spiro atoms. The Morgan fingerprint density at radius 2 is 2.06 bits per heavy atom. The largest absolute Gasteiger partial charge is 0.497 e. The van der Waals surface area contributed by atoms with Gasteiger partial charge in [0.1, 0.15) is 5.75 Å². The highest BCUT2D eigenvalue weighted by Gasteiger charge is 2.40. The van der Waals surface area contributed by atoms with E-state index < -0.39 is 23.2 Å². The predicted octanol–water partition coefficient (Wildman–Crippen LogP) is 2.41. The molecule has 1 aromatic rings. The molecule has 0 atom stereocenters. The minimum absolute atomic E-state index is 0.0578. The Morgan fingerprint density at radius 1 is 1.41 bits per heavy atom. The highest BCUT2D eigenvalue weighted by atomic mass is 19.4. The zero-order valence-corrected chi connectivity index (χ0v) is 8.54. The van der Waals surface area contributed by atoms with Gasteiger partial charge in [0.15, 0.2) is 0 Å². The lowest BCUT2D eigenvalue weighted by Gasteiger charge is -2.08. The molecular formula is C10H6F3NO3. The second-order valence-corrected chi connectivity index (χ2v) is 2.91. The lowest BCUT2D eigenvalue weighted by molar-refractivity contribution is -0.0884. The molecule has 4 nitrogen and oxygen atoms in total. The van der Waals surface area contributed by atoms with Crippen LogP contribution in [0, 0.1) is 0 Å². The van der Waals surface area contributed by atoms with Gasteiger partial charge in [0.2, 0.25) is 6.08 Å². The number of hydrogen-bond donors (Lipinski definition) is 0. The van der Waals surface area contributed by atoms with Crippen LogP contribution in [-0.4, -0.2) is 25.1 Å². The van der Waals surface area contributed by atoms with Crippen LogP contribution in [0.15, 0.2) is 23.2 Å². The lowest BCUT2D eigenvalue weighted by atomic mass is 10.1. The number of rotatable bonds is 3. The van der Waals surface area contributed by atoms with Crippen molar-refractivity contribution in [1.82, 2.24) is 0 Å². The van der Waals surface area contributed by atoms with Crippen LogP contribution in [0.2, 0.25) is 0 Å². The summed E-state index contributed by atoms with van der Waals surface area (Å²) in [5, 5.41) is 0. The van der Waals surface area contributed by atoms with E-state index in [1.54, 1.807) is 0 Å². The molecule has 0 aromatic heterocycles. The number of benzene rings is 1. The number of ketones is 1. The molecule has 0 aliphatic heterocycles. The summed E-state index contributed by atoms with van der Waals surface area (Å²) in [5.41, 5.74) is -1.15. The van der Waals surface area contributed by atoms with E-state index in [4.69, 9.17) is 4.74 Å². The van der Waals surface area contributed by atoms with Crippen molar-refractivity contribution in [3.8, 4) is 5.75 Å². The smallest absolute Gasteiger partial charge is 0.454 e. The molecule has 0 bridgehead atoms. The Hall–Kier alpha value is -2.14. The van der Waals surface area contributed by atoms with Crippen LogP contribution in [0.3, 0.4) is 0 Å². The average Bonchev–Trinajstić information content (AvgIpc) is 2.28. The van der Waals surface area contributed by atoms with Crippen molar-refractivity contribution < 1.29 is 27.5 Å². The second-order valence-electron chi connectivity index (χ2n) is 2.91. The summed E-state index contributed by atoms with van der Waals surface area (Å²) in [4.78, 5) is 24.1. The van der Waals surface area contributed by atoms with Gasteiger partial charge in [-0.15, -0.1) is 0 Å². The number of ether oxygens (including phenoxy) is 1. The summed E-state index contributed by atoms with van der Waals surface area (Å²) in [6, 6.07) is 3.22. The zero-order chi connectivity index (χ0) is 13.1. The van der Waals surface area contributed by atoms with Gasteiger partial charge in [0, 0.05) is 0 Å². The minimum atomic E-state index is -5.04. The number of nitrogens with zero attached hydrogens (tertiary/aromatic N) is 1. The lowest BCUT2D eigenvalue weighted by Crippen LogP contribution is -2.22. The summed E-state index contributed by atoms with van der Waals surface area (Å²) in [5.74, 6) is -2.03. The highest BCUT2D eigenvalue weighted by Crippen LogP contribution is 2.30.